The number of aliphatic imine (C=N–C) groups is 1. The minimum absolute atomic E-state index is 0.0908. The third kappa shape index (κ3) is 6.41. The van der Waals surface area contributed by atoms with Gasteiger partial charge in [-0.05, 0) is 31.2 Å². The van der Waals surface area contributed by atoms with E-state index in [0.717, 1.165) is 0 Å². The number of nitrogens with zero attached hydrogens (tertiary/aromatic N) is 2. The van der Waals surface area contributed by atoms with Crippen molar-refractivity contribution in [3.63, 3.8) is 0 Å². The Morgan fingerprint density at radius 2 is 1.88 bits per heavy atom. The van der Waals surface area contributed by atoms with Crippen molar-refractivity contribution in [2.45, 2.75) is 13.0 Å². The Balaban J connectivity index is 1.53. The third-order valence-electron chi connectivity index (χ3n) is 5.93. The number of rotatable bonds is 9. The van der Waals surface area contributed by atoms with Gasteiger partial charge in [0.15, 0.2) is 0 Å². The number of anilines is 2. The van der Waals surface area contributed by atoms with Crippen molar-refractivity contribution in [1.82, 2.24) is 5.32 Å². The van der Waals surface area contributed by atoms with E-state index in [-0.39, 0.29) is 11.4 Å². The predicted octanol–water partition coefficient (Wildman–Crippen LogP) is 4.57. The summed E-state index contributed by atoms with van der Waals surface area (Å²) in [5.41, 5.74) is 0.808. The lowest BCUT2D eigenvalue weighted by Gasteiger charge is -2.28. The Labute approximate surface area is 234 Å². The van der Waals surface area contributed by atoms with E-state index in [9.17, 15) is 19.7 Å². The molecule has 0 saturated carbocycles. The van der Waals surface area contributed by atoms with Gasteiger partial charge in [-0.1, -0.05) is 17.7 Å². The molecule has 2 unspecified atom stereocenters. The summed E-state index contributed by atoms with van der Waals surface area (Å²) in [4.78, 5) is 40.3. The van der Waals surface area contributed by atoms with Crippen LogP contribution in [-0.2, 0) is 4.79 Å². The Morgan fingerprint density at radius 1 is 1.10 bits per heavy atom. The van der Waals surface area contributed by atoms with Crippen LogP contribution >= 0.6 is 11.6 Å². The van der Waals surface area contributed by atoms with Crippen molar-refractivity contribution in [3.05, 3.63) is 87.3 Å². The molecule has 208 valence electrons. The van der Waals surface area contributed by atoms with Crippen LogP contribution < -0.4 is 30.2 Å². The van der Waals surface area contributed by atoms with Gasteiger partial charge in [0, 0.05) is 42.6 Å². The highest BCUT2D eigenvalue weighted by molar-refractivity contribution is 6.43. The van der Waals surface area contributed by atoms with Crippen LogP contribution in [0.2, 0.25) is 5.02 Å². The van der Waals surface area contributed by atoms with Crippen LogP contribution in [0.1, 0.15) is 6.92 Å². The topological polar surface area (TPSA) is 153 Å². The van der Waals surface area contributed by atoms with Gasteiger partial charge >= 0.3 is 6.03 Å². The molecule has 2 aromatic rings. The van der Waals surface area contributed by atoms with Crippen LogP contribution in [0.5, 0.6) is 17.2 Å². The van der Waals surface area contributed by atoms with Crippen molar-refractivity contribution in [2.24, 2.45) is 10.9 Å². The highest BCUT2D eigenvalue weighted by atomic mass is 35.5. The molecule has 1 heterocycles. The molecule has 4 rings (SSSR count). The van der Waals surface area contributed by atoms with Gasteiger partial charge in [0.05, 0.1) is 41.8 Å². The molecule has 2 aromatic carbocycles. The second-order valence-corrected chi connectivity index (χ2v) is 8.94. The molecule has 3 amide bonds. The summed E-state index contributed by atoms with van der Waals surface area (Å²) in [7, 11) is 2.91. The van der Waals surface area contributed by atoms with Crippen LogP contribution in [0.4, 0.5) is 16.2 Å². The molecule has 2 atom stereocenters. The summed E-state index contributed by atoms with van der Waals surface area (Å²) < 4.78 is 16.7. The van der Waals surface area contributed by atoms with Gasteiger partial charge in [0.2, 0.25) is 0 Å². The number of amides is 3. The number of methoxy groups -OCH3 is 2. The molecule has 0 saturated heterocycles. The summed E-state index contributed by atoms with van der Waals surface area (Å²) in [6, 6.07) is 8.37. The number of urea groups is 1. The van der Waals surface area contributed by atoms with Crippen LogP contribution in [0.25, 0.3) is 0 Å². The van der Waals surface area contributed by atoms with Crippen LogP contribution in [0.3, 0.4) is 0 Å². The lowest BCUT2D eigenvalue weighted by molar-refractivity contribution is -0.419. The van der Waals surface area contributed by atoms with Crippen molar-refractivity contribution >= 4 is 40.6 Å². The molecule has 12 nitrogen and oxygen atoms in total. The van der Waals surface area contributed by atoms with Crippen LogP contribution in [0.15, 0.2) is 77.2 Å². The van der Waals surface area contributed by atoms with E-state index in [1.165, 1.54) is 32.4 Å². The average Bonchev–Trinajstić information content (AvgIpc) is 2.94. The second kappa shape index (κ2) is 12.3. The predicted molar refractivity (Wildman–Crippen MR) is 150 cm³/mol. The summed E-state index contributed by atoms with van der Waals surface area (Å²) in [5, 5.41) is 19.8. The zero-order chi connectivity index (χ0) is 28.8. The van der Waals surface area contributed by atoms with Gasteiger partial charge in [-0.25, -0.2) is 4.79 Å². The number of benzene rings is 2. The van der Waals surface area contributed by atoms with Gasteiger partial charge < -0.3 is 30.2 Å². The summed E-state index contributed by atoms with van der Waals surface area (Å²) >= 11 is 6.04. The fourth-order valence-electron chi connectivity index (χ4n) is 4.05. The molecule has 40 heavy (non-hydrogen) atoms. The van der Waals surface area contributed by atoms with Gasteiger partial charge in [0.25, 0.3) is 11.6 Å². The van der Waals surface area contributed by atoms with E-state index in [1.54, 1.807) is 49.4 Å². The number of hydrogen-bond donors (Lipinski definition) is 3. The molecular weight excluding hydrogens is 542 g/mol. The maximum absolute atomic E-state index is 12.6. The lowest BCUT2D eigenvalue weighted by Crippen LogP contribution is -2.36. The highest BCUT2D eigenvalue weighted by Gasteiger charge is 2.34. The zero-order valence-corrected chi connectivity index (χ0v) is 22.5. The van der Waals surface area contributed by atoms with E-state index >= 15 is 0 Å². The number of carbonyl (C=O) groups excluding carboxylic acids is 2. The maximum Gasteiger partial charge on any atom is 0.323 e. The van der Waals surface area contributed by atoms with E-state index in [0.29, 0.717) is 45.9 Å². The molecule has 13 heteroatoms. The van der Waals surface area contributed by atoms with Gasteiger partial charge in [-0.2, -0.15) is 0 Å². The summed E-state index contributed by atoms with van der Waals surface area (Å²) in [5.74, 6) is 0.554. The standard InChI is InChI=1S/C27H26ClN5O7/c1-4-29-26(34)22-14-23(18-8-6-16(33(36)37)12-21(18)31-22)40-17-7-10-20(25(13-17)39-3)32-27(35)30-15-5-9-19(28)24(11-15)38-2/h5-14,18,21H,4H2,1-3H3,(H,29,34)(H2,30,32,35). The fraction of sp³-hybridized carbons (Fsp3) is 0.222. The molecule has 0 radical (unpaired) electrons. The molecule has 0 aromatic heterocycles. The minimum atomic E-state index is -0.693. The molecular formula is C27H26ClN5O7. The number of fused-ring (bicyclic) bond motifs is 1. The van der Waals surface area contributed by atoms with E-state index in [4.69, 9.17) is 25.8 Å². The van der Waals surface area contributed by atoms with Crippen LogP contribution in [0, 0.1) is 16.0 Å². The fourth-order valence-corrected chi connectivity index (χ4v) is 4.25. The van der Waals surface area contributed by atoms with Crippen molar-refractivity contribution < 1.29 is 28.7 Å². The monoisotopic (exact) mass is 567 g/mol. The van der Waals surface area contributed by atoms with Gasteiger partial charge in [0.1, 0.15) is 28.7 Å². The van der Waals surface area contributed by atoms with Crippen LogP contribution in [-0.4, -0.2) is 49.4 Å². The van der Waals surface area contributed by atoms with Crippen molar-refractivity contribution in [2.75, 3.05) is 31.4 Å². The van der Waals surface area contributed by atoms with Gasteiger partial charge in [-0.3, -0.25) is 19.9 Å². The maximum atomic E-state index is 12.6. The number of ether oxygens (including phenoxy) is 3. The molecule has 0 spiro atoms. The number of allylic oxidation sites excluding steroid dienone is 1. The first-order valence-electron chi connectivity index (χ1n) is 12.1. The number of halogens is 1. The Bertz CT molecular complexity index is 1470. The first kappa shape index (κ1) is 28.2. The van der Waals surface area contributed by atoms with E-state index < -0.39 is 28.8 Å². The largest absolute Gasteiger partial charge is 0.495 e. The Hall–Kier alpha value is -4.84. The number of dihydropyridines is 1. The Morgan fingerprint density at radius 3 is 2.58 bits per heavy atom. The van der Waals surface area contributed by atoms with E-state index in [2.05, 4.69) is 20.9 Å². The second-order valence-electron chi connectivity index (χ2n) is 8.54. The van der Waals surface area contributed by atoms with E-state index in [1.807, 2.05) is 0 Å². The normalized spacial score (nSPS) is 17.4. The zero-order valence-electron chi connectivity index (χ0n) is 21.8. The van der Waals surface area contributed by atoms with Crippen molar-refractivity contribution in [3.8, 4) is 17.2 Å². The minimum Gasteiger partial charge on any atom is -0.495 e. The smallest absolute Gasteiger partial charge is 0.323 e. The molecule has 1 aliphatic heterocycles. The molecule has 0 bridgehead atoms. The third-order valence-corrected chi connectivity index (χ3v) is 6.24. The molecule has 1 aliphatic carbocycles. The summed E-state index contributed by atoms with van der Waals surface area (Å²) in [6.07, 6.45) is 5.90. The van der Waals surface area contributed by atoms with Crippen molar-refractivity contribution in [1.29, 1.82) is 0 Å². The average molecular weight is 568 g/mol. The number of nitro groups is 1. The van der Waals surface area contributed by atoms with Gasteiger partial charge in [-0.15, -0.1) is 0 Å². The number of hydrogen-bond acceptors (Lipinski definition) is 8. The quantitative estimate of drug-likeness (QED) is 0.296. The first-order chi connectivity index (χ1) is 19.2. The molecule has 2 aliphatic rings. The number of nitrogens with one attached hydrogen (secondary N) is 3. The molecule has 3 N–H and O–H groups in total. The SMILES string of the molecule is CCNC(=O)C1=NC2C=C([N+](=O)[O-])C=CC2C(Oc2ccc(NC(=O)Nc3ccc(Cl)c(OC)c3)c(OC)c2)=C1. The highest BCUT2D eigenvalue weighted by Crippen LogP contribution is 2.35. The number of carbonyl (C=O) groups is 2. The lowest BCUT2D eigenvalue weighted by atomic mass is 9.89. The Kier molecular flexibility index (Phi) is 8.70. The summed E-state index contributed by atoms with van der Waals surface area (Å²) in [6.45, 7) is 2.16. The molecule has 0 fully saturated rings. The first-order valence-corrected chi connectivity index (χ1v) is 12.5.